The van der Waals surface area contributed by atoms with Crippen molar-refractivity contribution < 1.29 is 10.6 Å². The molecule has 40 valence electrons. The topological polar surface area (TPSA) is 77.8 Å². The Morgan fingerprint density at radius 2 is 2.00 bits per heavy atom. The number of aliphatic hydroxyl groups is 1. The zero-order valence-corrected chi connectivity index (χ0v) is 3.81. The third-order valence-electron chi connectivity index (χ3n) is 0.288. The molecule has 1 unspecified atom stereocenters. The van der Waals surface area contributed by atoms with Gasteiger partial charge in [-0.2, -0.15) is 0 Å². The molecule has 0 aromatic carbocycles. The molecule has 0 radical (unpaired) electrons. The van der Waals surface area contributed by atoms with E-state index < -0.39 is 0 Å². The van der Waals surface area contributed by atoms with Crippen molar-refractivity contribution >= 4 is 0 Å². The minimum absolute atomic E-state index is 0. The Kier molecular flexibility index (Phi) is 7.57. The zero-order chi connectivity index (χ0) is 4.28. The van der Waals surface area contributed by atoms with Crippen molar-refractivity contribution in [2.45, 2.75) is 13.0 Å². The monoisotopic (exact) mass is 93.1 g/mol. The zero-order valence-electron chi connectivity index (χ0n) is 3.81. The van der Waals surface area contributed by atoms with Crippen molar-refractivity contribution in [1.82, 2.24) is 0 Å². The first kappa shape index (κ1) is 9.30. The van der Waals surface area contributed by atoms with E-state index in [0.29, 0.717) is 0 Å². The highest BCUT2D eigenvalue weighted by Gasteiger charge is 1.81. The molecular formula is C3H11NO2. The Bertz CT molecular complexity index is 22.8. The SMILES string of the molecule is CC(N)CO.O. The van der Waals surface area contributed by atoms with Gasteiger partial charge < -0.3 is 16.3 Å². The Morgan fingerprint density at radius 1 is 1.83 bits per heavy atom. The Balaban J connectivity index is 0. The van der Waals surface area contributed by atoms with E-state index in [0.717, 1.165) is 0 Å². The summed E-state index contributed by atoms with van der Waals surface area (Å²) in [5.74, 6) is 0. The number of hydrogen-bond donors (Lipinski definition) is 2. The summed E-state index contributed by atoms with van der Waals surface area (Å²) < 4.78 is 0. The number of hydrogen-bond acceptors (Lipinski definition) is 2. The van der Waals surface area contributed by atoms with Gasteiger partial charge in [0.05, 0.1) is 6.61 Å². The van der Waals surface area contributed by atoms with E-state index in [-0.39, 0.29) is 18.1 Å². The van der Waals surface area contributed by atoms with Gasteiger partial charge in [-0.15, -0.1) is 0 Å². The fraction of sp³-hybridized carbons (Fsp3) is 1.00. The molecule has 3 nitrogen and oxygen atoms in total. The second-order valence-corrected chi connectivity index (χ2v) is 1.16. The summed E-state index contributed by atoms with van der Waals surface area (Å²) >= 11 is 0. The molecule has 3 heteroatoms. The maximum Gasteiger partial charge on any atom is 0.0579 e. The van der Waals surface area contributed by atoms with Crippen LogP contribution < -0.4 is 5.73 Å². The van der Waals surface area contributed by atoms with Crippen LogP contribution in [0.1, 0.15) is 6.92 Å². The summed E-state index contributed by atoms with van der Waals surface area (Å²) in [5, 5.41) is 8.02. The summed E-state index contributed by atoms with van der Waals surface area (Å²) in [6.45, 7) is 1.83. The van der Waals surface area contributed by atoms with E-state index in [1.165, 1.54) is 0 Å². The highest BCUT2D eigenvalue weighted by atomic mass is 16.3. The van der Waals surface area contributed by atoms with Gasteiger partial charge in [0, 0.05) is 6.04 Å². The smallest absolute Gasteiger partial charge is 0.0579 e. The van der Waals surface area contributed by atoms with Gasteiger partial charge in [0.25, 0.3) is 0 Å². The van der Waals surface area contributed by atoms with Gasteiger partial charge in [0.15, 0.2) is 0 Å². The average Bonchev–Trinajstić information content (AvgIpc) is 1.38. The molecule has 6 heavy (non-hydrogen) atoms. The second-order valence-electron chi connectivity index (χ2n) is 1.16. The standard InChI is InChI=1S/C3H9NO.H2O/c1-3(4)2-5;/h3,5H,2,4H2,1H3;1H2. The summed E-state index contributed by atoms with van der Waals surface area (Å²) in [6, 6.07) is -0.0602. The summed E-state index contributed by atoms with van der Waals surface area (Å²) in [7, 11) is 0. The highest BCUT2D eigenvalue weighted by Crippen LogP contribution is 1.62. The van der Waals surface area contributed by atoms with Crippen molar-refractivity contribution in [2.24, 2.45) is 5.73 Å². The van der Waals surface area contributed by atoms with Crippen LogP contribution in [0, 0.1) is 0 Å². The third-order valence-corrected chi connectivity index (χ3v) is 0.288. The molecule has 0 heterocycles. The maximum absolute atomic E-state index is 8.02. The molecule has 0 aliphatic carbocycles. The Morgan fingerprint density at radius 3 is 2.00 bits per heavy atom. The lowest BCUT2D eigenvalue weighted by Crippen LogP contribution is -2.18. The molecule has 5 N–H and O–H groups in total. The Hall–Kier alpha value is -0.120. The molecule has 0 bridgehead atoms. The molecule has 0 rings (SSSR count). The van der Waals surface area contributed by atoms with E-state index in [1.807, 2.05) is 0 Å². The normalized spacial score (nSPS) is 12.5. The van der Waals surface area contributed by atoms with Crippen LogP contribution in [0.3, 0.4) is 0 Å². The van der Waals surface area contributed by atoms with Crippen molar-refractivity contribution in [3.05, 3.63) is 0 Å². The fourth-order valence-electron chi connectivity index (χ4n) is 0. The van der Waals surface area contributed by atoms with E-state index in [2.05, 4.69) is 0 Å². The van der Waals surface area contributed by atoms with Crippen LogP contribution >= 0.6 is 0 Å². The fourth-order valence-corrected chi connectivity index (χ4v) is 0. The quantitative estimate of drug-likeness (QED) is 0.414. The van der Waals surface area contributed by atoms with Crippen LogP contribution in [0.5, 0.6) is 0 Å². The lowest BCUT2D eigenvalue weighted by atomic mass is 10.4. The largest absolute Gasteiger partial charge is 0.412 e. The van der Waals surface area contributed by atoms with E-state index in [4.69, 9.17) is 10.8 Å². The van der Waals surface area contributed by atoms with Crippen LogP contribution in [0.4, 0.5) is 0 Å². The predicted octanol–water partition coefficient (Wildman–Crippen LogP) is -1.50. The van der Waals surface area contributed by atoms with Crippen molar-refractivity contribution in [3.8, 4) is 0 Å². The number of nitrogens with two attached hydrogens (primary N) is 1. The molecule has 0 aromatic rings. The third kappa shape index (κ3) is 9.11. The highest BCUT2D eigenvalue weighted by molar-refractivity contribution is 4.43. The van der Waals surface area contributed by atoms with E-state index >= 15 is 0 Å². The van der Waals surface area contributed by atoms with Gasteiger partial charge >= 0.3 is 0 Å². The first-order valence-electron chi connectivity index (χ1n) is 1.64. The second kappa shape index (κ2) is 4.88. The maximum atomic E-state index is 8.02. The molecule has 0 amide bonds. The molecule has 0 aliphatic rings. The van der Waals surface area contributed by atoms with Gasteiger partial charge in [0.2, 0.25) is 0 Å². The summed E-state index contributed by atoms with van der Waals surface area (Å²) in [4.78, 5) is 0. The lowest BCUT2D eigenvalue weighted by molar-refractivity contribution is 0.273. The molecule has 0 saturated carbocycles. The van der Waals surface area contributed by atoms with Crippen LogP contribution in [0.2, 0.25) is 0 Å². The molecule has 0 spiro atoms. The van der Waals surface area contributed by atoms with Gasteiger partial charge in [-0.25, -0.2) is 0 Å². The summed E-state index contributed by atoms with van der Waals surface area (Å²) in [5.41, 5.74) is 5.04. The molecule has 1 atom stereocenters. The van der Waals surface area contributed by atoms with Gasteiger partial charge in [0.1, 0.15) is 0 Å². The summed E-state index contributed by atoms with van der Waals surface area (Å²) in [6.07, 6.45) is 0. The van der Waals surface area contributed by atoms with Crippen LogP contribution in [0.15, 0.2) is 0 Å². The predicted molar refractivity (Wildman–Crippen MR) is 24.3 cm³/mol. The van der Waals surface area contributed by atoms with Crippen LogP contribution in [-0.2, 0) is 0 Å². The molecule has 0 saturated heterocycles. The first-order valence-corrected chi connectivity index (χ1v) is 1.64. The minimum atomic E-state index is -0.0602. The molecule has 0 aliphatic heterocycles. The molecule has 0 aromatic heterocycles. The van der Waals surface area contributed by atoms with E-state index in [9.17, 15) is 0 Å². The average molecular weight is 93.1 g/mol. The molecule has 0 fully saturated rings. The van der Waals surface area contributed by atoms with Gasteiger partial charge in [-0.1, -0.05) is 0 Å². The first-order chi connectivity index (χ1) is 2.27. The van der Waals surface area contributed by atoms with Crippen molar-refractivity contribution in [1.29, 1.82) is 0 Å². The number of aliphatic hydroxyl groups excluding tert-OH is 1. The van der Waals surface area contributed by atoms with Crippen LogP contribution in [-0.4, -0.2) is 23.2 Å². The van der Waals surface area contributed by atoms with E-state index in [1.54, 1.807) is 6.92 Å². The van der Waals surface area contributed by atoms with Crippen LogP contribution in [0.25, 0.3) is 0 Å². The number of rotatable bonds is 1. The van der Waals surface area contributed by atoms with Gasteiger partial charge in [-0.3, -0.25) is 0 Å². The van der Waals surface area contributed by atoms with Gasteiger partial charge in [-0.05, 0) is 6.92 Å². The molecular weight excluding hydrogens is 82.0 g/mol. The lowest BCUT2D eigenvalue weighted by Gasteiger charge is -1.91. The van der Waals surface area contributed by atoms with Crippen molar-refractivity contribution in [3.63, 3.8) is 0 Å². The minimum Gasteiger partial charge on any atom is -0.412 e. The van der Waals surface area contributed by atoms with Crippen molar-refractivity contribution in [2.75, 3.05) is 6.61 Å². The Labute approximate surface area is 37.1 Å².